The number of hydrogen-bond donors (Lipinski definition) is 2. The molecule has 0 radical (unpaired) electrons. The van der Waals surface area contributed by atoms with E-state index in [1.165, 1.54) is 6.07 Å². The van der Waals surface area contributed by atoms with E-state index < -0.39 is 4.92 Å². The summed E-state index contributed by atoms with van der Waals surface area (Å²) in [4.78, 5) is 14.1. The van der Waals surface area contributed by atoms with Gasteiger partial charge in [0, 0.05) is 25.4 Å². The van der Waals surface area contributed by atoms with Crippen LogP contribution < -0.4 is 10.6 Å². The second-order valence-electron chi connectivity index (χ2n) is 3.13. The van der Waals surface area contributed by atoms with Crippen molar-refractivity contribution in [2.45, 2.75) is 6.04 Å². The van der Waals surface area contributed by atoms with Gasteiger partial charge in [0.05, 0.1) is 11.0 Å². The fourth-order valence-electron chi connectivity index (χ4n) is 1.24. The van der Waals surface area contributed by atoms with Crippen LogP contribution in [0.1, 0.15) is 0 Å². The SMILES string of the molecule is O=[N+]([O-])c1cccnc1NC1CNC1. The molecule has 2 N–H and O–H groups in total. The lowest BCUT2D eigenvalue weighted by Crippen LogP contribution is -2.51. The molecule has 1 aromatic rings. The number of nitrogens with one attached hydrogen (secondary N) is 2. The Kier molecular flexibility index (Phi) is 2.28. The van der Waals surface area contributed by atoms with Crippen LogP contribution in [0.4, 0.5) is 11.5 Å². The van der Waals surface area contributed by atoms with Gasteiger partial charge in [-0.3, -0.25) is 10.1 Å². The first-order valence-corrected chi connectivity index (χ1v) is 4.34. The maximum Gasteiger partial charge on any atom is 0.311 e. The molecular weight excluding hydrogens is 184 g/mol. The molecule has 1 saturated heterocycles. The van der Waals surface area contributed by atoms with E-state index >= 15 is 0 Å². The van der Waals surface area contributed by atoms with E-state index in [1.807, 2.05) is 0 Å². The van der Waals surface area contributed by atoms with Crippen molar-refractivity contribution in [1.82, 2.24) is 10.3 Å². The van der Waals surface area contributed by atoms with Gasteiger partial charge in [-0.05, 0) is 6.07 Å². The molecule has 6 heteroatoms. The first kappa shape index (κ1) is 8.89. The molecule has 1 aliphatic heterocycles. The molecule has 2 heterocycles. The average molecular weight is 194 g/mol. The van der Waals surface area contributed by atoms with Crippen molar-refractivity contribution in [1.29, 1.82) is 0 Å². The summed E-state index contributed by atoms with van der Waals surface area (Å²) in [5.41, 5.74) is 0.0272. The normalized spacial score (nSPS) is 16.0. The van der Waals surface area contributed by atoms with Crippen LogP contribution in [0.3, 0.4) is 0 Å². The van der Waals surface area contributed by atoms with Gasteiger partial charge in [-0.2, -0.15) is 0 Å². The van der Waals surface area contributed by atoms with Crippen LogP contribution >= 0.6 is 0 Å². The van der Waals surface area contributed by atoms with Crippen LogP contribution in [-0.4, -0.2) is 29.0 Å². The Hall–Kier alpha value is -1.69. The molecule has 0 bridgehead atoms. The molecule has 0 unspecified atom stereocenters. The van der Waals surface area contributed by atoms with Gasteiger partial charge < -0.3 is 10.6 Å². The quantitative estimate of drug-likeness (QED) is 0.537. The van der Waals surface area contributed by atoms with Gasteiger partial charge in [-0.25, -0.2) is 4.98 Å². The Bertz CT molecular complexity index is 351. The lowest BCUT2D eigenvalue weighted by Gasteiger charge is -2.28. The lowest BCUT2D eigenvalue weighted by atomic mass is 10.2. The molecule has 14 heavy (non-hydrogen) atoms. The zero-order valence-corrected chi connectivity index (χ0v) is 7.43. The second kappa shape index (κ2) is 3.59. The van der Waals surface area contributed by atoms with Gasteiger partial charge in [0.15, 0.2) is 0 Å². The number of nitro groups is 1. The fraction of sp³-hybridized carbons (Fsp3) is 0.375. The standard InChI is InChI=1S/C8H10N4O2/c13-12(14)7-2-1-3-10-8(7)11-6-4-9-5-6/h1-3,6,9H,4-5H2,(H,10,11). The molecule has 0 aliphatic carbocycles. The number of anilines is 1. The second-order valence-corrected chi connectivity index (χ2v) is 3.13. The monoisotopic (exact) mass is 194 g/mol. The van der Waals surface area contributed by atoms with Crippen molar-refractivity contribution in [2.75, 3.05) is 18.4 Å². The molecule has 0 spiro atoms. The largest absolute Gasteiger partial charge is 0.359 e. The molecule has 1 fully saturated rings. The molecule has 74 valence electrons. The third kappa shape index (κ3) is 1.64. The summed E-state index contributed by atoms with van der Waals surface area (Å²) in [5, 5.41) is 16.7. The van der Waals surface area contributed by atoms with Crippen LogP contribution in [-0.2, 0) is 0 Å². The van der Waals surface area contributed by atoms with Crippen molar-refractivity contribution in [3.63, 3.8) is 0 Å². The number of nitrogens with zero attached hydrogens (tertiary/aromatic N) is 2. The lowest BCUT2D eigenvalue weighted by molar-refractivity contribution is -0.384. The van der Waals surface area contributed by atoms with Crippen molar-refractivity contribution in [2.24, 2.45) is 0 Å². The van der Waals surface area contributed by atoms with Gasteiger partial charge in [0.1, 0.15) is 0 Å². The highest BCUT2D eigenvalue weighted by atomic mass is 16.6. The van der Waals surface area contributed by atoms with E-state index in [0.29, 0.717) is 5.82 Å². The average Bonchev–Trinajstić information content (AvgIpc) is 2.12. The molecule has 1 aromatic heterocycles. The van der Waals surface area contributed by atoms with Crippen LogP contribution in [0.2, 0.25) is 0 Å². The summed E-state index contributed by atoms with van der Waals surface area (Å²) in [6.45, 7) is 1.65. The van der Waals surface area contributed by atoms with Gasteiger partial charge >= 0.3 is 5.69 Å². The number of pyridine rings is 1. The summed E-state index contributed by atoms with van der Waals surface area (Å²) in [6, 6.07) is 3.26. The molecule has 0 aromatic carbocycles. The van der Waals surface area contributed by atoms with Gasteiger partial charge in [-0.1, -0.05) is 0 Å². The maximum atomic E-state index is 10.6. The highest BCUT2D eigenvalue weighted by Crippen LogP contribution is 2.21. The minimum Gasteiger partial charge on any atom is -0.359 e. The summed E-state index contributed by atoms with van der Waals surface area (Å²) in [5.74, 6) is 0.351. The maximum absolute atomic E-state index is 10.6. The van der Waals surface area contributed by atoms with E-state index in [0.717, 1.165) is 13.1 Å². The highest BCUT2D eigenvalue weighted by molar-refractivity contribution is 5.55. The first-order valence-electron chi connectivity index (χ1n) is 4.34. The smallest absolute Gasteiger partial charge is 0.311 e. The molecule has 1 aliphatic rings. The van der Waals surface area contributed by atoms with Crippen LogP contribution in [0, 0.1) is 10.1 Å². The van der Waals surface area contributed by atoms with E-state index in [9.17, 15) is 10.1 Å². The van der Waals surface area contributed by atoms with Gasteiger partial charge in [-0.15, -0.1) is 0 Å². The third-order valence-corrected chi connectivity index (χ3v) is 2.11. The van der Waals surface area contributed by atoms with Crippen LogP contribution in [0.5, 0.6) is 0 Å². The van der Waals surface area contributed by atoms with Crippen molar-refractivity contribution >= 4 is 11.5 Å². The van der Waals surface area contributed by atoms with Gasteiger partial charge in [0.2, 0.25) is 5.82 Å². The Balaban J connectivity index is 2.17. The Morgan fingerprint density at radius 2 is 2.43 bits per heavy atom. The van der Waals surface area contributed by atoms with E-state index in [1.54, 1.807) is 12.3 Å². The molecule has 0 amide bonds. The molecule has 2 rings (SSSR count). The van der Waals surface area contributed by atoms with Crippen molar-refractivity contribution in [3.8, 4) is 0 Å². The minimum atomic E-state index is -0.429. The van der Waals surface area contributed by atoms with E-state index in [2.05, 4.69) is 15.6 Å². The van der Waals surface area contributed by atoms with E-state index in [-0.39, 0.29) is 11.7 Å². The summed E-state index contributed by atoms with van der Waals surface area (Å²) >= 11 is 0. The van der Waals surface area contributed by atoms with E-state index in [4.69, 9.17) is 0 Å². The first-order chi connectivity index (χ1) is 6.77. The Labute approximate surface area is 80.5 Å². The molecular formula is C8H10N4O2. The summed E-state index contributed by atoms with van der Waals surface area (Å²) in [6.07, 6.45) is 1.54. The van der Waals surface area contributed by atoms with Crippen molar-refractivity contribution < 1.29 is 4.92 Å². The predicted molar refractivity (Wildman–Crippen MR) is 51.2 cm³/mol. The van der Waals surface area contributed by atoms with Gasteiger partial charge in [0.25, 0.3) is 0 Å². The Morgan fingerprint density at radius 3 is 3.00 bits per heavy atom. The molecule has 6 nitrogen and oxygen atoms in total. The number of rotatable bonds is 3. The topological polar surface area (TPSA) is 80.1 Å². The van der Waals surface area contributed by atoms with Crippen molar-refractivity contribution in [3.05, 3.63) is 28.4 Å². The molecule has 0 atom stereocenters. The number of aromatic nitrogens is 1. The predicted octanol–water partition coefficient (Wildman–Crippen LogP) is 0.373. The van der Waals surface area contributed by atoms with Crippen LogP contribution in [0.25, 0.3) is 0 Å². The highest BCUT2D eigenvalue weighted by Gasteiger charge is 2.21. The Morgan fingerprint density at radius 1 is 1.64 bits per heavy atom. The summed E-state index contributed by atoms with van der Waals surface area (Å²) < 4.78 is 0. The third-order valence-electron chi connectivity index (χ3n) is 2.11. The molecule has 0 saturated carbocycles. The zero-order valence-electron chi connectivity index (χ0n) is 7.43. The van der Waals surface area contributed by atoms with Crippen LogP contribution in [0.15, 0.2) is 18.3 Å². The zero-order chi connectivity index (χ0) is 9.97. The minimum absolute atomic E-state index is 0.0272. The summed E-state index contributed by atoms with van der Waals surface area (Å²) in [7, 11) is 0. The fourth-order valence-corrected chi connectivity index (χ4v) is 1.24. The number of hydrogen-bond acceptors (Lipinski definition) is 5.